The molecule has 158 valence electrons. The molecule has 0 aromatic heterocycles. The number of hydrogen-bond acceptors (Lipinski definition) is 10. The lowest BCUT2D eigenvalue weighted by Gasteiger charge is -2.41. The van der Waals surface area contributed by atoms with Crippen LogP contribution in [-0.4, -0.2) is 106 Å². The fraction of sp³-hybridized carbons (Fsp3) is 0.882. The Kier molecular flexibility index (Phi) is 9.02. The van der Waals surface area contributed by atoms with E-state index in [1.165, 1.54) is 0 Å². The summed E-state index contributed by atoms with van der Waals surface area (Å²) >= 11 is 0. The van der Waals surface area contributed by atoms with Gasteiger partial charge in [-0.1, -0.05) is 19.1 Å². The van der Waals surface area contributed by atoms with Gasteiger partial charge in [0.15, 0.2) is 12.6 Å². The van der Waals surface area contributed by atoms with Crippen molar-refractivity contribution in [1.82, 2.24) is 0 Å². The Morgan fingerprint density at radius 2 is 1.56 bits per heavy atom. The minimum atomic E-state index is -1.51. The quantitative estimate of drug-likeness (QED) is 0.194. The first-order valence-corrected chi connectivity index (χ1v) is 9.10. The molecule has 2 rings (SSSR count). The van der Waals surface area contributed by atoms with E-state index in [0.717, 1.165) is 6.42 Å². The zero-order valence-electron chi connectivity index (χ0n) is 15.2. The predicted octanol–water partition coefficient (Wildman–Crippen LogP) is -2.38. The van der Waals surface area contributed by atoms with E-state index in [0.29, 0.717) is 6.42 Å². The molecule has 0 saturated carbocycles. The zero-order valence-corrected chi connectivity index (χ0v) is 15.2. The average molecular weight is 394 g/mol. The van der Waals surface area contributed by atoms with E-state index in [2.05, 4.69) is 0 Å². The average Bonchev–Trinajstić information content (AvgIpc) is 2.66. The highest BCUT2D eigenvalue weighted by Crippen LogP contribution is 2.24. The molecular weight excluding hydrogens is 364 g/mol. The molecule has 0 aromatic carbocycles. The van der Waals surface area contributed by atoms with Gasteiger partial charge in [0.1, 0.15) is 42.7 Å². The molecule has 0 spiro atoms. The Labute approximate surface area is 157 Å². The van der Waals surface area contributed by atoms with E-state index < -0.39 is 55.3 Å². The minimum Gasteiger partial charge on any atom is -0.388 e. The number of allylic oxidation sites excluding steroid dienone is 1. The summed E-state index contributed by atoms with van der Waals surface area (Å²) in [5.74, 6) is 0. The molecular formula is C17H30O10. The van der Waals surface area contributed by atoms with Crippen LogP contribution in [-0.2, 0) is 18.9 Å². The molecule has 2 heterocycles. The molecule has 2 fully saturated rings. The molecule has 0 bridgehead atoms. The van der Waals surface area contributed by atoms with Crippen molar-refractivity contribution in [2.24, 2.45) is 0 Å². The monoisotopic (exact) mass is 394 g/mol. The standard InChI is InChI=1S/C17H30O10/c1-2-3-4-5-6-24-17-15(23)13(21)12(20)10(27-17)8-26-16-14(22)11(19)9(18)7-25-16/h3-4,9-23H,2,5-8H2,1H3/b4-3-/t9-,10+,11-,12-,13-,14+,15+,16-,17+/m0/s1. The summed E-state index contributed by atoms with van der Waals surface area (Å²) in [4.78, 5) is 0. The lowest BCUT2D eigenvalue weighted by atomic mass is 9.99. The van der Waals surface area contributed by atoms with E-state index in [9.17, 15) is 30.6 Å². The zero-order chi connectivity index (χ0) is 20.0. The van der Waals surface area contributed by atoms with Crippen molar-refractivity contribution in [2.75, 3.05) is 19.8 Å². The van der Waals surface area contributed by atoms with Crippen LogP contribution in [0.15, 0.2) is 12.2 Å². The summed E-state index contributed by atoms with van der Waals surface area (Å²) in [6.45, 7) is 1.73. The Balaban J connectivity index is 1.86. The summed E-state index contributed by atoms with van der Waals surface area (Å²) in [5.41, 5.74) is 0. The van der Waals surface area contributed by atoms with Crippen LogP contribution in [0.5, 0.6) is 0 Å². The smallest absolute Gasteiger partial charge is 0.186 e. The second-order valence-electron chi connectivity index (χ2n) is 6.64. The molecule has 10 heteroatoms. The lowest BCUT2D eigenvalue weighted by molar-refractivity contribution is -0.320. The van der Waals surface area contributed by atoms with E-state index in [1.807, 2.05) is 19.1 Å². The highest BCUT2D eigenvalue weighted by Gasteiger charge is 2.45. The molecule has 0 aliphatic carbocycles. The van der Waals surface area contributed by atoms with E-state index in [4.69, 9.17) is 18.9 Å². The van der Waals surface area contributed by atoms with Crippen LogP contribution in [0.25, 0.3) is 0 Å². The van der Waals surface area contributed by atoms with Gasteiger partial charge in [0, 0.05) is 0 Å². The Hall–Kier alpha value is -0.660. The molecule has 2 aliphatic rings. The molecule has 2 aliphatic heterocycles. The van der Waals surface area contributed by atoms with Crippen molar-refractivity contribution < 1.29 is 49.6 Å². The van der Waals surface area contributed by atoms with Gasteiger partial charge in [-0.05, 0) is 12.8 Å². The van der Waals surface area contributed by atoms with Gasteiger partial charge in [0.05, 0.1) is 19.8 Å². The highest BCUT2D eigenvalue weighted by atomic mass is 16.7. The van der Waals surface area contributed by atoms with Gasteiger partial charge in [0.25, 0.3) is 0 Å². The maximum Gasteiger partial charge on any atom is 0.186 e. The summed E-state index contributed by atoms with van der Waals surface area (Å²) in [5, 5.41) is 59.0. The molecule has 2 saturated heterocycles. The van der Waals surface area contributed by atoms with Gasteiger partial charge >= 0.3 is 0 Å². The molecule has 9 atom stereocenters. The van der Waals surface area contributed by atoms with Crippen LogP contribution in [0.3, 0.4) is 0 Å². The Morgan fingerprint density at radius 3 is 2.26 bits per heavy atom. The van der Waals surface area contributed by atoms with Crippen LogP contribution in [0.1, 0.15) is 19.8 Å². The topological polar surface area (TPSA) is 158 Å². The van der Waals surface area contributed by atoms with Gasteiger partial charge in [-0.15, -0.1) is 0 Å². The van der Waals surface area contributed by atoms with Crippen LogP contribution in [0, 0.1) is 0 Å². The third-order valence-corrected chi connectivity index (χ3v) is 4.52. The van der Waals surface area contributed by atoms with Crippen molar-refractivity contribution in [3.05, 3.63) is 12.2 Å². The SMILES string of the molecule is CC/C=C\CCO[C@@H]1O[C@H](CO[C@@H]2OC[C@H](O)[C@H](O)[C@H]2O)[C@H](O)[C@H](O)[C@H]1O. The van der Waals surface area contributed by atoms with E-state index in [-0.39, 0.29) is 19.8 Å². The molecule has 10 nitrogen and oxygen atoms in total. The Bertz CT molecular complexity index is 461. The van der Waals surface area contributed by atoms with E-state index >= 15 is 0 Å². The molecule has 27 heavy (non-hydrogen) atoms. The van der Waals surface area contributed by atoms with Gasteiger partial charge in [0.2, 0.25) is 0 Å². The first-order chi connectivity index (χ1) is 12.9. The lowest BCUT2D eigenvalue weighted by Crippen LogP contribution is -2.60. The summed E-state index contributed by atoms with van der Waals surface area (Å²) in [7, 11) is 0. The van der Waals surface area contributed by atoms with Crippen LogP contribution in [0.2, 0.25) is 0 Å². The van der Waals surface area contributed by atoms with Gasteiger partial charge in [-0.2, -0.15) is 0 Å². The normalized spacial score (nSPS) is 43.3. The maximum absolute atomic E-state index is 10.1. The summed E-state index contributed by atoms with van der Waals surface area (Å²) in [6.07, 6.45) is -6.59. The van der Waals surface area contributed by atoms with Gasteiger partial charge in [-0.25, -0.2) is 0 Å². The molecule has 0 aromatic rings. The minimum absolute atomic E-state index is 0.227. The third-order valence-electron chi connectivity index (χ3n) is 4.52. The van der Waals surface area contributed by atoms with Crippen molar-refractivity contribution in [3.63, 3.8) is 0 Å². The van der Waals surface area contributed by atoms with Crippen LogP contribution < -0.4 is 0 Å². The molecule has 6 N–H and O–H groups in total. The molecule has 0 amide bonds. The van der Waals surface area contributed by atoms with E-state index in [1.54, 1.807) is 0 Å². The largest absolute Gasteiger partial charge is 0.388 e. The second-order valence-corrected chi connectivity index (χ2v) is 6.64. The fourth-order valence-electron chi connectivity index (χ4n) is 2.84. The van der Waals surface area contributed by atoms with Crippen LogP contribution in [0.4, 0.5) is 0 Å². The van der Waals surface area contributed by atoms with Crippen molar-refractivity contribution in [1.29, 1.82) is 0 Å². The first-order valence-electron chi connectivity index (χ1n) is 9.10. The second kappa shape index (κ2) is 10.8. The first kappa shape index (κ1) is 22.6. The number of aliphatic hydroxyl groups excluding tert-OH is 6. The number of hydrogen-bond donors (Lipinski definition) is 6. The summed E-state index contributed by atoms with van der Waals surface area (Å²) < 4.78 is 21.3. The summed E-state index contributed by atoms with van der Waals surface area (Å²) in [6, 6.07) is 0. The number of rotatable bonds is 8. The Morgan fingerprint density at radius 1 is 0.852 bits per heavy atom. The van der Waals surface area contributed by atoms with Crippen molar-refractivity contribution in [2.45, 2.75) is 75.1 Å². The predicted molar refractivity (Wildman–Crippen MR) is 90.4 cm³/mol. The van der Waals surface area contributed by atoms with Gasteiger partial charge < -0.3 is 49.6 Å². The molecule has 0 unspecified atom stereocenters. The maximum atomic E-state index is 10.1. The fourth-order valence-corrected chi connectivity index (χ4v) is 2.84. The van der Waals surface area contributed by atoms with Crippen molar-refractivity contribution >= 4 is 0 Å². The third kappa shape index (κ3) is 5.91. The highest BCUT2D eigenvalue weighted by molar-refractivity contribution is 4.90. The van der Waals surface area contributed by atoms with Gasteiger partial charge in [-0.3, -0.25) is 0 Å². The number of ether oxygens (including phenoxy) is 4. The number of aliphatic hydroxyl groups is 6. The van der Waals surface area contributed by atoms with Crippen LogP contribution >= 0.6 is 0 Å². The van der Waals surface area contributed by atoms with Crippen molar-refractivity contribution in [3.8, 4) is 0 Å². The molecule has 0 radical (unpaired) electrons.